The average molecular weight is 259 g/mol. The number of benzene rings is 1. The summed E-state index contributed by atoms with van der Waals surface area (Å²) in [4.78, 5) is 0. The molecule has 2 aromatic rings. The monoisotopic (exact) mass is 259 g/mol. The zero-order valence-corrected chi connectivity index (χ0v) is 11.1. The molecule has 0 saturated carbocycles. The fourth-order valence-electron chi connectivity index (χ4n) is 2.66. The molecule has 0 aliphatic carbocycles. The first-order valence-corrected chi connectivity index (χ1v) is 6.89. The average Bonchev–Trinajstić information content (AvgIpc) is 2.59. The Hall–Kier alpha value is -1.84. The van der Waals surface area contributed by atoms with Gasteiger partial charge in [0.1, 0.15) is 11.6 Å². The van der Waals surface area contributed by atoms with Gasteiger partial charge in [-0.05, 0) is 38.3 Å². The van der Waals surface area contributed by atoms with Crippen LogP contribution < -0.4 is 5.32 Å². The summed E-state index contributed by atoms with van der Waals surface area (Å²) < 4.78 is 15.4. The first-order chi connectivity index (χ1) is 9.29. The van der Waals surface area contributed by atoms with Gasteiger partial charge in [-0.25, -0.2) is 9.07 Å². The van der Waals surface area contributed by atoms with Gasteiger partial charge in [-0.15, -0.1) is 0 Å². The van der Waals surface area contributed by atoms with E-state index in [1.807, 2.05) is 10.7 Å². The summed E-state index contributed by atoms with van der Waals surface area (Å²) in [6.45, 7) is 3.89. The topological polar surface area (TPSA) is 29.9 Å². The summed E-state index contributed by atoms with van der Waals surface area (Å²) in [6.07, 6.45) is 3.33. The van der Waals surface area contributed by atoms with E-state index in [-0.39, 0.29) is 5.82 Å². The number of rotatable bonds is 2. The number of hydrogen-bond acceptors (Lipinski definition) is 2. The molecule has 0 bridgehead atoms. The van der Waals surface area contributed by atoms with Crippen LogP contribution in [-0.2, 0) is 13.0 Å². The molecule has 1 aliphatic heterocycles. The predicted molar refractivity (Wildman–Crippen MR) is 74.7 cm³/mol. The van der Waals surface area contributed by atoms with Crippen LogP contribution in [-0.4, -0.2) is 16.3 Å². The number of nitrogens with zero attached hydrogens (tertiary/aromatic N) is 2. The van der Waals surface area contributed by atoms with Crippen molar-refractivity contribution < 1.29 is 4.39 Å². The summed E-state index contributed by atoms with van der Waals surface area (Å²) in [6, 6.07) is 6.70. The molecular formula is C15H18FN3. The van der Waals surface area contributed by atoms with Crippen molar-refractivity contribution in [1.82, 2.24) is 9.78 Å². The Kier molecular flexibility index (Phi) is 3.23. The van der Waals surface area contributed by atoms with Crippen molar-refractivity contribution in [2.45, 2.75) is 32.7 Å². The zero-order valence-electron chi connectivity index (χ0n) is 11.1. The molecule has 3 nitrogen and oxygen atoms in total. The number of halogens is 1. The zero-order chi connectivity index (χ0) is 13.2. The minimum atomic E-state index is -0.209. The van der Waals surface area contributed by atoms with Gasteiger partial charge in [-0.3, -0.25) is 0 Å². The van der Waals surface area contributed by atoms with E-state index in [9.17, 15) is 4.39 Å². The van der Waals surface area contributed by atoms with E-state index in [4.69, 9.17) is 0 Å². The minimum absolute atomic E-state index is 0.209. The minimum Gasteiger partial charge on any atom is -0.370 e. The van der Waals surface area contributed by atoms with Crippen LogP contribution in [0.15, 0.2) is 24.3 Å². The molecule has 0 unspecified atom stereocenters. The summed E-state index contributed by atoms with van der Waals surface area (Å²) >= 11 is 0. The van der Waals surface area contributed by atoms with E-state index in [0.29, 0.717) is 0 Å². The van der Waals surface area contributed by atoms with Crippen LogP contribution in [0.2, 0.25) is 0 Å². The van der Waals surface area contributed by atoms with E-state index in [1.54, 1.807) is 12.1 Å². The van der Waals surface area contributed by atoms with Crippen LogP contribution in [0.3, 0.4) is 0 Å². The van der Waals surface area contributed by atoms with Crippen molar-refractivity contribution in [1.29, 1.82) is 0 Å². The molecule has 1 N–H and O–H groups in total. The summed E-state index contributed by atoms with van der Waals surface area (Å²) in [7, 11) is 0. The second kappa shape index (κ2) is 5.03. The summed E-state index contributed by atoms with van der Waals surface area (Å²) in [5.74, 6) is 0.901. The van der Waals surface area contributed by atoms with Gasteiger partial charge in [-0.1, -0.05) is 12.1 Å². The highest BCUT2D eigenvalue weighted by atomic mass is 19.1. The van der Waals surface area contributed by atoms with Gasteiger partial charge in [0, 0.05) is 24.2 Å². The third-order valence-corrected chi connectivity index (χ3v) is 3.59. The van der Waals surface area contributed by atoms with E-state index in [2.05, 4.69) is 17.3 Å². The van der Waals surface area contributed by atoms with Crippen LogP contribution in [0.1, 0.15) is 25.3 Å². The quantitative estimate of drug-likeness (QED) is 0.895. The number of fused-ring (bicyclic) bond motifs is 1. The van der Waals surface area contributed by atoms with Gasteiger partial charge >= 0.3 is 0 Å². The largest absolute Gasteiger partial charge is 0.370 e. The molecule has 100 valence electrons. The van der Waals surface area contributed by atoms with Gasteiger partial charge in [0.2, 0.25) is 0 Å². The van der Waals surface area contributed by atoms with Crippen molar-refractivity contribution in [2.75, 3.05) is 11.9 Å². The molecule has 0 saturated heterocycles. The van der Waals surface area contributed by atoms with Gasteiger partial charge in [0.15, 0.2) is 0 Å². The summed E-state index contributed by atoms with van der Waals surface area (Å²) in [5.41, 5.74) is 3.02. The molecule has 4 heteroatoms. The Labute approximate surface area is 112 Å². The molecule has 2 heterocycles. The van der Waals surface area contributed by atoms with Gasteiger partial charge in [-0.2, -0.15) is 5.10 Å². The lowest BCUT2D eigenvalue weighted by Gasteiger charge is -2.06. The van der Waals surface area contributed by atoms with Crippen LogP contribution in [0.25, 0.3) is 11.3 Å². The lowest BCUT2D eigenvalue weighted by Crippen LogP contribution is -2.07. The Morgan fingerprint density at radius 1 is 1.37 bits per heavy atom. The lowest BCUT2D eigenvalue weighted by molar-refractivity contribution is 0.628. The standard InChI is InChI=1S/C15H18FN3/c1-2-19-15-13(8-3-4-9-17-15)14(18-19)11-6-5-7-12(16)10-11/h5-7,10,17H,2-4,8-9H2,1H3. The van der Waals surface area contributed by atoms with Crippen LogP contribution >= 0.6 is 0 Å². The maximum atomic E-state index is 13.4. The Morgan fingerprint density at radius 2 is 2.26 bits per heavy atom. The maximum Gasteiger partial charge on any atom is 0.128 e. The highest BCUT2D eigenvalue weighted by Crippen LogP contribution is 2.32. The molecule has 1 aliphatic rings. The Balaban J connectivity index is 2.13. The molecule has 0 amide bonds. The van der Waals surface area contributed by atoms with Gasteiger partial charge in [0.05, 0.1) is 5.69 Å². The van der Waals surface area contributed by atoms with E-state index < -0.39 is 0 Å². The Morgan fingerprint density at radius 3 is 3.05 bits per heavy atom. The third-order valence-electron chi connectivity index (χ3n) is 3.59. The second-order valence-electron chi connectivity index (χ2n) is 4.89. The Bertz CT molecular complexity index is 589. The molecular weight excluding hydrogens is 241 g/mol. The van der Waals surface area contributed by atoms with E-state index in [0.717, 1.165) is 43.0 Å². The van der Waals surface area contributed by atoms with Crippen molar-refractivity contribution in [3.63, 3.8) is 0 Å². The lowest BCUT2D eigenvalue weighted by atomic mass is 10.0. The number of nitrogens with one attached hydrogen (secondary N) is 1. The van der Waals surface area contributed by atoms with Crippen molar-refractivity contribution >= 4 is 5.82 Å². The van der Waals surface area contributed by atoms with Crippen LogP contribution in [0, 0.1) is 5.82 Å². The molecule has 1 aromatic carbocycles. The molecule has 19 heavy (non-hydrogen) atoms. The van der Waals surface area contributed by atoms with Gasteiger partial charge < -0.3 is 5.32 Å². The van der Waals surface area contributed by atoms with E-state index >= 15 is 0 Å². The smallest absolute Gasteiger partial charge is 0.128 e. The molecule has 0 spiro atoms. The van der Waals surface area contributed by atoms with Crippen LogP contribution in [0.5, 0.6) is 0 Å². The fraction of sp³-hybridized carbons (Fsp3) is 0.400. The normalized spacial score (nSPS) is 14.6. The number of anilines is 1. The fourth-order valence-corrected chi connectivity index (χ4v) is 2.66. The van der Waals surface area contributed by atoms with E-state index in [1.165, 1.54) is 18.1 Å². The first-order valence-electron chi connectivity index (χ1n) is 6.89. The highest BCUT2D eigenvalue weighted by Gasteiger charge is 2.20. The summed E-state index contributed by atoms with van der Waals surface area (Å²) in [5, 5.41) is 8.11. The second-order valence-corrected chi connectivity index (χ2v) is 4.89. The molecule has 0 radical (unpaired) electrons. The SMILES string of the molecule is CCn1nc(-c2cccc(F)c2)c2c1NCCCC2. The molecule has 3 rings (SSSR count). The van der Waals surface area contributed by atoms with Crippen molar-refractivity contribution in [3.8, 4) is 11.3 Å². The molecule has 0 atom stereocenters. The van der Waals surface area contributed by atoms with Gasteiger partial charge in [0.25, 0.3) is 0 Å². The van der Waals surface area contributed by atoms with Crippen LogP contribution in [0.4, 0.5) is 10.2 Å². The predicted octanol–water partition coefficient (Wildman–Crippen LogP) is 3.46. The third kappa shape index (κ3) is 2.23. The number of aryl methyl sites for hydroxylation is 1. The van der Waals surface area contributed by atoms with Crippen molar-refractivity contribution in [3.05, 3.63) is 35.6 Å². The number of aromatic nitrogens is 2. The first kappa shape index (κ1) is 12.2. The molecule has 0 fully saturated rings. The molecule has 1 aromatic heterocycles. The highest BCUT2D eigenvalue weighted by molar-refractivity contribution is 5.69. The van der Waals surface area contributed by atoms with Crippen molar-refractivity contribution in [2.24, 2.45) is 0 Å². The maximum absolute atomic E-state index is 13.4. The number of hydrogen-bond donors (Lipinski definition) is 1.